The van der Waals surface area contributed by atoms with Gasteiger partial charge in [-0.25, -0.2) is 4.39 Å². The SMILES string of the molecule is Cc1cc(C#Cc2cncc(Cl)c2)ccc1F. The summed E-state index contributed by atoms with van der Waals surface area (Å²) in [7, 11) is 0. The molecule has 3 heteroatoms. The minimum atomic E-state index is -0.222. The Labute approximate surface area is 104 Å². The molecular weight excluding hydrogens is 237 g/mol. The van der Waals surface area contributed by atoms with Crippen LogP contribution in [0.25, 0.3) is 0 Å². The van der Waals surface area contributed by atoms with Gasteiger partial charge in [-0.3, -0.25) is 4.98 Å². The Bertz CT molecular complexity index is 611. The molecule has 2 aromatic rings. The minimum Gasteiger partial charge on any atom is -0.262 e. The number of aryl methyl sites for hydroxylation is 1. The molecule has 1 aromatic heterocycles. The van der Waals surface area contributed by atoms with E-state index in [0.717, 1.165) is 11.1 Å². The van der Waals surface area contributed by atoms with Gasteiger partial charge < -0.3 is 0 Å². The molecule has 0 bridgehead atoms. The maximum atomic E-state index is 13.0. The van der Waals surface area contributed by atoms with E-state index in [9.17, 15) is 4.39 Å². The first kappa shape index (κ1) is 11.6. The molecule has 1 aromatic carbocycles. The fraction of sp³-hybridized carbons (Fsp3) is 0.0714. The molecule has 0 fully saturated rings. The maximum Gasteiger partial charge on any atom is 0.126 e. The van der Waals surface area contributed by atoms with Gasteiger partial charge in [0.2, 0.25) is 0 Å². The molecular formula is C14H9ClFN. The predicted molar refractivity (Wildman–Crippen MR) is 66.4 cm³/mol. The molecule has 1 heterocycles. The molecule has 0 aliphatic heterocycles. The normalized spacial score (nSPS) is 9.59. The number of hydrogen-bond donors (Lipinski definition) is 0. The van der Waals surface area contributed by atoms with Crippen LogP contribution in [0.15, 0.2) is 36.7 Å². The second-order valence-electron chi connectivity index (χ2n) is 3.61. The Morgan fingerprint density at radius 2 is 1.88 bits per heavy atom. The van der Waals surface area contributed by atoms with Crippen LogP contribution in [0.4, 0.5) is 4.39 Å². The van der Waals surface area contributed by atoms with Crippen molar-refractivity contribution in [2.75, 3.05) is 0 Å². The molecule has 84 valence electrons. The lowest BCUT2D eigenvalue weighted by Crippen LogP contribution is -1.84. The quantitative estimate of drug-likeness (QED) is 0.647. The summed E-state index contributed by atoms with van der Waals surface area (Å²) >= 11 is 5.79. The van der Waals surface area contributed by atoms with Crippen LogP contribution in [-0.4, -0.2) is 4.98 Å². The number of pyridine rings is 1. The van der Waals surface area contributed by atoms with E-state index in [-0.39, 0.29) is 5.82 Å². The monoisotopic (exact) mass is 245 g/mol. The first-order valence-electron chi connectivity index (χ1n) is 5.04. The number of rotatable bonds is 0. The Balaban J connectivity index is 2.30. The topological polar surface area (TPSA) is 12.9 Å². The number of halogens is 2. The van der Waals surface area contributed by atoms with Crippen LogP contribution >= 0.6 is 11.6 Å². The smallest absolute Gasteiger partial charge is 0.126 e. The molecule has 0 radical (unpaired) electrons. The second-order valence-corrected chi connectivity index (χ2v) is 4.04. The molecule has 0 aliphatic carbocycles. The van der Waals surface area contributed by atoms with Gasteiger partial charge in [0.15, 0.2) is 0 Å². The lowest BCUT2D eigenvalue weighted by atomic mass is 10.1. The third kappa shape index (κ3) is 3.05. The zero-order valence-electron chi connectivity index (χ0n) is 9.17. The van der Waals surface area contributed by atoms with Crippen LogP contribution in [-0.2, 0) is 0 Å². The maximum absolute atomic E-state index is 13.0. The summed E-state index contributed by atoms with van der Waals surface area (Å²) in [6, 6.07) is 6.50. The third-order valence-electron chi connectivity index (χ3n) is 2.21. The first-order chi connectivity index (χ1) is 8.15. The van der Waals surface area contributed by atoms with Crippen molar-refractivity contribution in [3.05, 3.63) is 64.2 Å². The van der Waals surface area contributed by atoms with Gasteiger partial charge in [0.1, 0.15) is 5.82 Å². The van der Waals surface area contributed by atoms with Crippen LogP contribution in [0.3, 0.4) is 0 Å². The van der Waals surface area contributed by atoms with E-state index in [1.165, 1.54) is 6.07 Å². The first-order valence-corrected chi connectivity index (χ1v) is 5.42. The largest absolute Gasteiger partial charge is 0.262 e. The van der Waals surface area contributed by atoms with Gasteiger partial charge in [0, 0.05) is 23.5 Å². The lowest BCUT2D eigenvalue weighted by molar-refractivity contribution is 0.618. The summed E-state index contributed by atoms with van der Waals surface area (Å²) in [4.78, 5) is 3.93. The Morgan fingerprint density at radius 1 is 1.12 bits per heavy atom. The van der Waals surface area contributed by atoms with Crippen molar-refractivity contribution >= 4 is 11.6 Å². The molecule has 0 aliphatic rings. The highest BCUT2D eigenvalue weighted by Crippen LogP contribution is 2.09. The van der Waals surface area contributed by atoms with Crippen molar-refractivity contribution < 1.29 is 4.39 Å². The van der Waals surface area contributed by atoms with E-state index in [0.29, 0.717) is 10.6 Å². The molecule has 0 unspecified atom stereocenters. The average molecular weight is 246 g/mol. The second kappa shape index (κ2) is 4.99. The Morgan fingerprint density at radius 3 is 2.59 bits per heavy atom. The summed E-state index contributed by atoms with van der Waals surface area (Å²) in [5, 5.41) is 0.548. The van der Waals surface area contributed by atoms with E-state index < -0.39 is 0 Å². The van der Waals surface area contributed by atoms with Crippen LogP contribution < -0.4 is 0 Å². The van der Waals surface area contributed by atoms with Gasteiger partial charge in [-0.15, -0.1) is 0 Å². The van der Waals surface area contributed by atoms with E-state index in [1.54, 1.807) is 37.5 Å². The number of benzene rings is 1. The molecule has 0 saturated carbocycles. The summed E-state index contributed by atoms with van der Waals surface area (Å²) in [6.45, 7) is 1.71. The van der Waals surface area contributed by atoms with Crippen LogP contribution in [0.5, 0.6) is 0 Å². The van der Waals surface area contributed by atoms with Gasteiger partial charge in [0.05, 0.1) is 5.02 Å². The highest BCUT2D eigenvalue weighted by molar-refractivity contribution is 6.30. The highest BCUT2D eigenvalue weighted by atomic mass is 35.5. The van der Waals surface area contributed by atoms with Gasteiger partial charge in [-0.2, -0.15) is 0 Å². The van der Waals surface area contributed by atoms with Crippen molar-refractivity contribution in [1.29, 1.82) is 0 Å². The summed E-state index contributed by atoms with van der Waals surface area (Å²) in [6.07, 6.45) is 3.18. The lowest BCUT2D eigenvalue weighted by Gasteiger charge is -1.96. The third-order valence-corrected chi connectivity index (χ3v) is 2.42. The highest BCUT2D eigenvalue weighted by Gasteiger charge is 1.96. The molecule has 0 saturated heterocycles. The molecule has 2 rings (SSSR count). The minimum absolute atomic E-state index is 0.222. The standard InChI is InChI=1S/C14H9ClFN/c1-10-6-11(4-5-14(10)16)2-3-12-7-13(15)9-17-8-12/h4-9H,1H3. The summed E-state index contributed by atoms with van der Waals surface area (Å²) in [5.74, 6) is 5.65. The molecule has 0 N–H and O–H groups in total. The number of hydrogen-bond acceptors (Lipinski definition) is 1. The van der Waals surface area contributed by atoms with Gasteiger partial charge in [0.25, 0.3) is 0 Å². The van der Waals surface area contributed by atoms with Crippen molar-refractivity contribution in [2.45, 2.75) is 6.92 Å². The van der Waals surface area contributed by atoms with Gasteiger partial charge in [-0.05, 0) is 36.8 Å². The molecule has 0 amide bonds. The van der Waals surface area contributed by atoms with Crippen molar-refractivity contribution in [3.63, 3.8) is 0 Å². The molecule has 17 heavy (non-hydrogen) atoms. The van der Waals surface area contributed by atoms with Crippen LogP contribution in [0.2, 0.25) is 5.02 Å². The average Bonchev–Trinajstić information content (AvgIpc) is 2.31. The van der Waals surface area contributed by atoms with Crippen LogP contribution in [0.1, 0.15) is 16.7 Å². The predicted octanol–water partition coefficient (Wildman–Crippen LogP) is 3.58. The van der Waals surface area contributed by atoms with E-state index >= 15 is 0 Å². The Hall–Kier alpha value is -1.85. The van der Waals surface area contributed by atoms with E-state index in [1.807, 2.05) is 0 Å². The fourth-order valence-electron chi connectivity index (χ4n) is 1.35. The van der Waals surface area contributed by atoms with Gasteiger partial charge in [-0.1, -0.05) is 23.4 Å². The fourth-order valence-corrected chi connectivity index (χ4v) is 1.52. The number of nitrogens with zero attached hydrogens (tertiary/aromatic N) is 1. The Kier molecular flexibility index (Phi) is 3.41. The molecule has 1 nitrogen and oxygen atoms in total. The zero-order valence-corrected chi connectivity index (χ0v) is 9.92. The zero-order chi connectivity index (χ0) is 12.3. The van der Waals surface area contributed by atoms with Gasteiger partial charge >= 0.3 is 0 Å². The summed E-state index contributed by atoms with van der Waals surface area (Å²) in [5.41, 5.74) is 2.09. The van der Waals surface area contributed by atoms with Crippen molar-refractivity contribution in [3.8, 4) is 11.8 Å². The van der Waals surface area contributed by atoms with Crippen molar-refractivity contribution in [2.24, 2.45) is 0 Å². The van der Waals surface area contributed by atoms with Crippen molar-refractivity contribution in [1.82, 2.24) is 4.98 Å². The summed E-state index contributed by atoms with van der Waals surface area (Å²) < 4.78 is 13.0. The van der Waals surface area contributed by atoms with E-state index in [2.05, 4.69) is 16.8 Å². The van der Waals surface area contributed by atoms with Crippen LogP contribution in [0, 0.1) is 24.6 Å². The molecule has 0 spiro atoms. The van der Waals surface area contributed by atoms with E-state index in [4.69, 9.17) is 11.6 Å². The number of aromatic nitrogens is 1. The molecule has 0 atom stereocenters.